The van der Waals surface area contributed by atoms with E-state index in [9.17, 15) is 0 Å². The Morgan fingerprint density at radius 1 is 1.30 bits per heavy atom. The smallest absolute Gasteiger partial charge is 0.0832 e. The van der Waals surface area contributed by atoms with Crippen molar-refractivity contribution < 1.29 is 4.74 Å². The van der Waals surface area contributed by atoms with Crippen LogP contribution in [0.4, 0.5) is 0 Å². The number of likely N-dealkylation sites (N-methyl/N-ethyl adjacent to an activating group) is 1. The van der Waals surface area contributed by atoms with Gasteiger partial charge in [-0.25, -0.2) is 0 Å². The first-order chi connectivity index (χ1) is 9.52. The summed E-state index contributed by atoms with van der Waals surface area (Å²) in [5.74, 6) is 0. The molecule has 0 radical (unpaired) electrons. The molecule has 0 spiro atoms. The van der Waals surface area contributed by atoms with Crippen molar-refractivity contribution in [2.45, 2.75) is 51.7 Å². The van der Waals surface area contributed by atoms with Gasteiger partial charge in [-0.1, -0.05) is 47.4 Å². The summed E-state index contributed by atoms with van der Waals surface area (Å²) in [6.07, 6.45) is 2.83. The number of hydrogen-bond acceptors (Lipinski definition) is 2. The monoisotopic (exact) mass is 361 g/mol. The van der Waals surface area contributed by atoms with Crippen molar-refractivity contribution in [2.24, 2.45) is 0 Å². The Morgan fingerprint density at radius 2 is 1.95 bits per heavy atom. The summed E-state index contributed by atoms with van der Waals surface area (Å²) in [6.45, 7) is 7.16. The predicted octanol–water partition coefficient (Wildman–Crippen LogP) is 4.83. The third kappa shape index (κ3) is 4.20. The molecule has 1 rings (SSSR count). The van der Waals surface area contributed by atoms with Gasteiger partial charge in [0.15, 0.2) is 0 Å². The van der Waals surface area contributed by atoms with E-state index in [0.29, 0.717) is 0 Å². The zero-order valence-corrected chi connectivity index (χ0v) is 15.1. The molecule has 114 valence electrons. The maximum absolute atomic E-state index is 6.35. The standard InChI is InChI=1S/C16H25BrClNO/c1-5-16(6-2,20-7-3)15(19-4)10-12-8-9-13(17)11-14(12)18/h8-9,11,15,19H,5-7,10H2,1-4H3. The molecule has 0 fully saturated rings. The van der Waals surface area contributed by atoms with Gasteiger partial charge in [-0.2, -0.15) is 0 Å². The van der Waals surface area contributed by atoms with E-state index in [2.05, 4.69) is 48.1 Å². The summed E-state index contributed by atoms with van der Waals surface area (Å²) in [4.78, 5) is 0. The lowest BCUT2D eigenvalue weighted by molar-refractivity contribution is -0.0703. The molecule has 0 saturated heterocycles. The van der Waals surface area contributed by atoms with Crippen LogP contribution in [0.3, 0.4) is 0 Å². The number of halogens is 2. The van der Waals surface area contributed by atoms with Gasteiger partial charge in [-0.15, -0.1) is 0 Å². The topological polar surface area (TPSA) is 21.3 Å². The Bertz CT molecular complexity index is 421. The van der Waals surface area contributed by atoms with Crippen LogP contribution in [0.25, 0.3) is 0 Å². The van der Waals surface area contributed by atoms with Crippen molar-refractivity contribution in [3.05, 3.63) is 33.3 Å². The summed E-state index contributed by atoms with van der Waals surface area (Å²) in [5, 5.41) is 4.23. The molecular formula is C16H25BrClNO. The number of ether oxygens (including phenoxy) is 1. The van der Waals surface area contributed by atoms with Crippen molar-refractivity contribution in [1.29, 1.82) is 0 Å². The van der Waals surface area contributed by atoms with Gasteiger partial charge in [0.05, 0.1) is 5.60 Å². The molecule has 1 unspecified atom stereocenters. The summed E-state index contributed by atoms with van der Waals surface area (Å²) < 4.78 is 7.11. The summed E-state index contributed by atoms with van der Waals surface area (Å²) in [7, 11) is 2.00. The second kappa shape index (κ2) is 8.38. The van der Waals surface area contributed by atoms with E-state index in [-0.39, 0.29) is 11.6 Å². The van der Waals surface area contributed by atoms with Crippen molar-refractivity contribution >= 4 is 27.5 Å². The second-order valence-electron chi connectivity index (χ2n) is 4.99. The van der Waals surface area contributed by atoms with Crippen LogP contribution >= 0.6 is 27.5 Å². The zero-order chi connectivity index (χ0) is 15.2. The molecule has 0 aliphatic carbocycles. The Kier molecular flexibility index (Phi) is 7.52. The highest BCUT2D eigenvalue weighted by molar-refractivity contribution is 9.10. The third-order valence-electron chi connectivity index (χ3n) is 4.05. The van der Waals surface area contributed by atoms with Crippen LogP contribution in [0.1, 0.15) is 39.2 Å². The highest BCUT2D eigenvalue weighted by atomic mass is 79.9. The molecular weight excluding hydrogens is 338 g/mol. The Morgan fingerprint density at radius 3 is 2.40 bits per heavy atom. The lowest BCUT2D eigenvalue weighted by Gasteiger charge is -2.39. The van der Waals surface area contributed by atoms with Crippen LogP contribution in [0.5, 0.6) is 0 Å². The van der Waals surface area contributed by atoms with Gasteiger partial charge in [0.1, 0.15) is 0 Å². The number of nitrogens with one attached hydrogen (secondary N) is 1. The van der Waals surface area contributed by atoms with Gasteiger partial charge in [-0.05, 0) is 50.9 Å². The second-order valence-corrected chi connectivity index (χ2v) is 6.31. The molecule has 1 atom stereocenters. The van der Waals surface area contributed by atoms with Crippen LogP contribution in [-0.4, -0.2) is 25.3 Å². The average Bonchev–Trinajstić information content (AvgIpc) is 2.44. The number of hydrogen-bond donors (Lipinski definition) is 1. The van der Waals surface area contributed by atoms with E-state index in [1.807, 2.05) is 19.2 Å². The molecule has 0 aromatic heterocycles. The maximum Gasteiger partial charge on any atom is 0.0832 e. The molecule has 4 heteroatoms. The van der Waals surface area contributed by atoms with Crippen molar-refractivity contribution in [3.63, 3.8) is 0 Å². The maximum atomic E-state index is 6.35. The molecule has 1 aromatic rings. The zero-order valence-electron chi connectivity index (χ0n) is 12.8. The van der Waals surface area contributed by atoms with Crippen LogP contribution in [0.2, 0.25) is 5.02 Å². The normalized spacial score (nSPS) is 13.5. The Labute approximate surface area is 136 Å². The first-order valence-corrected chi connectivity index (χ1v) is 8.45. The molecule has 0 aliphatic rings. The first-order valence-electron chi connectivity index (χ1n) is 7.28. The van der Waals surface area contributed by atoms with Gasteiger partial charge in [0.25, 0.3) is 0 Å². The largest absolute Gasteiger partial charge is 0.374 e. The van der Waals surface area contributed by atoms with Gasteiger partial charge in [-0.3, -0.25) is 0 Å². The minimum absolute atomic E-state index is 0.139. The van der Waals surface area contributed by atoms with E-state index in [1.54, 1.807) is 0 Å². The molecule has 1 N–H and O–H groups in total. The van der Waals surface area contributed by atoms with Gasteiger partial charge >= 0.3 is 0 Å². The fourth-order valence-electron chi connectivity index (χ4n) is 2.79. The Hall–Kier alpha value is -0.0900. The summed E-state index contributed by atoms with van der Waals surface area (Å²) in [5.41, 5.74) is 1.01. The highest BCUT2D eigenvalue weighted by Gasteiger charge is 2.35. The van der Waals surface area contributed by atoms with E-state index < -0.39 is 0 Å². The molecule has 1 aromatic carbocycles. The van der Waals surface area contributed by atoms with E-state index >= 15 is 0 Å². The molecule has 0 saturated carbocycles. The van der Waals surface area contributed by atoms with Crippen molar-refractivity contribution in [3.8, 4) is 0 Å². The minimum atomic E-state index is -0.139. The molecule has 0 bridgehead atoms. The van der Waals surface area contributed by atoms with Gasteiger partial charge in [0.2, 0.25) is 0 Å². The fourth-order valence-corrected chi connectivity index (χ4v) is 3.54. The summed E-state index contributed by atoms with van der Waals surface area (Å²) >= 11 is 9.79. The van der Waals surface area contributed by atoms with E-state index in [1.165, 1.54) is 0 Å². The quantitative estimate of drug-likeness (QED) is 0.715. The Balaban J connectivity index is 2.99. The van der Waals surface area contributed by atoms with Crippen LogP contribution in [0.15, 0.2) is 22.7 Å². The van der Waals surface area contributed by atoms with Gasteiger partial charge in [0, 0.05) is 22.1 Å². The van der Waals surface area contributed by atoms with Crippen molar-refractivity contribution in [2.75, 3.05) is 13.7 Å². The molecule has 0 aliphatic heterocycles. The van der Waals surface area contributed by atoms with E-state index in [4.69, 9.17) is 16.3 Å². The predicted molar refractivity (Wildman–Crippen MR) is 90.6 cm³/mol. The first kappa shape index (κ1) is 18.0. The minimum Gasteiger partial charge on any atom is -0.374 e. The average molecular weight is 363 g/mol. The third-order valence-corrected chi connectivity index (χ3v) is 4.90. The SMILES string of the molecule is CCOC(CC)(CC)C(Cc1ccc(Br)cc1Cl)NC. The molecule has 0 heterocycles. The highest BCUT2D eigenvalue weighted by Crippen LogP contribution is 2.30. The summed E-state index contributed by atoms with van der Waals surface area (Å²) in [6, 6.07) is 6.31. The van der Waals surface area contributed by atoms with Crippen LogP contribution < -0.4 is 5.32 Å². The van der Waals surface area contributed by atoms with Gasteiger partial charge < -0.3 is 10.1 Å². The lowest BCUT2D eigenvalue weighted by atomic mass is 9.84. The number of rotatable bonds is 8. The molecule has 0 amide bonds. The number of benzene rings is 1. The molecule has 2 nitrogen and oxygen atoms in total. The van der Waals surface area contributed by atoms with Crippen LogP contribution in [0, 0.1) is 0 Å². The van der Waals surface area contributed by atoms with E-state index in [0.717, 1.165) is 40.9 Å². The van der Waals surface area contributed by atoms with Crippen LogP contribution in [-0.2, 0) is 11.2 Å². The molecule has 20 heavy (non-hydrogen) atoms. The fraction of sp³-hybridized carbons (Fsp3) is 0.625. The lowest BCUT2D eigenvalue weighted by Crippen LogP contribution is -2.52. The van der Waals surface area contributed by atoms with Crippen molar-refractivity contribution in [1.82, 2.24) is 5.32 Å².